The number of ether oxygens (including phenoxy) is 1. The summed E-state index contributed by atoms with van der Waals surface area (Å²) in [4.78, 5) is 37.9. The molecule has 1 aromatic heterocycles. The quantitative estimate of drug-likeness (QED) is 0.437. The Morgan fingerprint density at radius 1 is 1.06 bits per heavy atom. The van der Waals surface area contributed by atoms with Gasteiger partial charge in [-0.1, -0.05) is 60.1 Å². The van der Waals surface area contributed by atoms with Gasteiger partial charge in [0, 0.05) is 16.3 Å². The van der Waals surface area contributed by atoms with Crippen molar-refractivity contribution in [2.24, 2.45) is 0 Å². The first-order chi connectivity index (χ1) is 15.4. The maximum atomic E-state index is 13.0. The molecule has 0 fully saturated rings. The van der Waals surface area contributed by atoms with Gasteiger partial charge in [-0.15, -0.1) is 0 Å². The van der Waals surface area contributed by atoms with Gasteiger partial charge in [-0.2, -0.15) is 0 Å². The molecule has 32 heavy (non-hydrogen) atoms. The van der Waals surface area contributed by atoms with E-state index in [1.54, 1.807) is 72.8 Å². The fourth-order valence-corrected chi connectivity index (χ4v) is 3.42. The molecule has 8 heteroatoms. The van der Waals surface area contributed by atoms with Crippen LogP contribution in [0.2, 0.25) is 5.02 Å². The van der Waals surface area contributed by atoms with Crippen molar-refractivity contribution < 1.29 is 18.7 Å². The standard InChI is InChI=1S/C24H19ClN2O5/c1-15-11-12-17(13-18(15)25)26-23(29)22(16-7-3-2-4-8-16)32-21(28)14-27-19-9-5-6-10-20(19)31-24(27)30/h2-13,22H,14H2,1H3,(H,26,29). The van der Waals surface area contributed by atoms with Gasteiger partial charge in [-0.3, -0.25) is 14.2 Å². The summed E-state index contributed by atoms with van der Waals surface area (Å²) in [6.07, 6.45) is -1.22. The number of benzene rings is 3. The zero-order valence-electron chi connectivity index (χ0n) is 17.1. The molecule has 1 atom stereocenters. The van der Waals surface area contributed by atoms with Crippen molar-refractivity contribution in [1.82, 2.24) is 4.57 Å². The maximum Gasteiger partial charge on any atom is 0.420 e. The zero-order valence-corrected chi connectivity index (χ0v) is 17.8. The van der Waals surface area contributed by atoms with E-state index in [0.29, 0.717) is 27.4 Å². The van der Waals surface area contributed by atoms with E-state index in [9.17, 15) is 14.4 Å². The summed E-state index contributed by atoms with van der Waals surface area (Å²) in [7, 11) is 0. The number of nitrogens with one attached hydrogen (secondary N) is 1. The largest absolute Gasteiger partial charge is 0.446 e. The van der Waals surface area contributed by atoms with Crippen LogP contribution >= 0.6 is 11.6 Å². The minimum absolute atomic E-state index is 0.360. The SMILES string of the molecule is Cc1ccc(NC(=O)C(OC(=O)Cn2c(=O)oc3ccccc32)c2ccccc2)cc1Cl. The highest BCUT2D eigenvalue weighted by molar-refractivity contribution is 6.31. The fraction of sp³-hybridized carbons (Fsp3) is 0.125. The number of para-hydroxylation sites is 2. The molecule has 1 amide bonds. The number of hydrogen-bond acceptors (Lipinski definition) is 5. The summed E-state index contributed by atoms with van der Waals surface area (Å²) >= 11 is 6.14. The molecule has 4 rings (SSSR count). The normalized spacial score (nSPS) is 11.8. The van der Waals surface area contributed by atoms with Gasteiger partial charge in [0.15, 0.2) is 5.58 Å². The molecule has 4 aromatic rings. The summed E-state index contributed by atoms with van der Waals surface area (Å²) in [5.74, 6) is -1.99. The number of amides is 1. The number of aromatic nitrogens is 1. The van der Waals surface area contributed by atoms with Crippen molar-refractivity contribution in [3.8, 4) is 0 Å². The summed E-state index contributed by atoms with van der Waals surface area (Å²) in [6.45, 7) is 1.45. The number of hydrogen-bond donors (Lipinski definition) is 1. The molecule has 0 saturated heterocycles. The first-order valence-electron chi connectivity index (χ1n) is 9.82. The third-order valence-electron chi connectivity index (χ3n) is 4.89. The minimum atomic E-state index is -1.22. The lowest BCUT2D eigenvalue weighted by molar-refractivity contribution is -0.155. The topological polar surface area (TPSA) is 90.5 Å². The van der Waals surface area contributed by atoms with Gasteiger partial charge in [0.1, 0.15) is 6.54 Å². The van der Waals surface area contributed by atoms with E-state index in [1.807, 2.05) is 6.92 Å². The fourth-order valence-electron chi connectivity index (χ4n) is 3.24. The van der Waals surface area contributed by atoms with Gasteiger partial charge >= 0.3 is 11.7 Å². The van der Waals surface area contributed by atoms with Crippen molar-refractivity contribution in [2.45, 2.75) is 19.6 Å². The van der Waals surface area contributed by atoms with Crippen molar-refractivity contribution >= 4 is 40.3 Å². The molecule has 0 aliphatic heterocycles. The van der Waals surface area contributed by atoms with Gasteiger partial charge in [-0.05, 0) is 36.8 Å². The number of rotatable bonds is 6. The Morgan fingerprint density at radius 3 is 2.53 bits per heavy atom. The molecule has 7 nitrogen and oxygen atoms in total. The van der Waals surface area contributed by atoms with Crippen LogP contribution in [0, 0.1) is 6.92 Å². The number of nitrogens with zero attached hydrogens (tertiary/aromatic N) is 1. The van der Waals surface area contributed by atoms with E-state index >= 15 is 0 Å². The van der Waals surface area contributed by atoms with Crippen molar-refractivity contribution in [2.75, 3.05) is 5.32 Å². The molecule has 0 aliphatic carbocycles. The van der Waals surface area contributed by atoms with E-state index in [0.717, 1.165) is 10.1 Å². The molecule has 0 radical (unpaired) electrons. The van der Waals surface area contributed by atoms with Crippen molar-refractivity contribution in [3.63, 3.8) is 0 Å². The number of halogens is 1. The average molecular weight is 451 g/mol. The molecule has 162 valence electrons. The number of aryl methyl sites for hydroxylation is 1. The third-order valence-corrected chi connectivity index (χ3v) is 5.30. The number of oxazole rings is 1. The number of fused-ring (bicyclic) bond motifs is 1. The van der Waals surface area contributed by atoms with Gasteiger partial charge in [-0.25, -0.2) is 4.79 Å². The van der Waals surface area contributed by atoms with Crippen LogP contribution in [0.1, 0.15) is 17.2 Å². The molecule has 1 heterocycles. The monoisotopic (exact) mass is 450 g/mol. The molecule has 0 spiro atoms. The van der Waals surface area contributed by atoms with Gasteiger partial charge in [0.05, 0.1) is 5.52 Å². The lowest BCUT2D eigenvalue weighted by atomic mass is 10.1. The van der Waals surface area contributed by atoms with E-state index < -0.39 is 30.3 Å². The summed E-state index contributed by atoms with van der Waals surface area (Å²) < 4.78 is 11.8. The molecule has 0 bridgehead atoms. The highest BCUT2D eigenvalue weighted by Crippen LogP contribution is 2.24. The lowest BCUT2D eigenvalue weighted by Gasteiger charge is -2.18. The van der Waals surface area contributed by atoms with Gasteiger partial charge in [0.2, 0.25) is 6.10 Å². The van der Waals surface area contributed by atoms with Crippen LogP contribution in [0.4, 0.5) is 5.69 Å². The third kappa shape index (κ3) is 4.58. The lowest BCUT2D eigenvalue weighted by Crippen LogP contribution is -2.29. The van der Waals surface area contributed by atoms with E-state index in [1.165, 1.54) is 0 Å². The Balaban J connectivity index is 1.57. The van der Waals surface area contributed by atoms with E-state index in [2.05, 4.69) is 5.32 Å². The number of carbonyl (C=O) groups excluding carboxylic acids is 2. The second kappa shape index (κ2) is 9.11. The van der Waals surface area contributed by atoms with Gasteiger partial charge < -0.3 is 14.5 Å². The van der Waals surface area contributed by atoms with E-state index in [4.69, 9.17) is 20.8 Å². The predicted molar refractivity (Wildman–Crippen MR) is 121 cm³/mol. The predicted octanol–water partition coefficient (Wildman–Crippen LogP) is 4.48. The van der Waals surface area contributed by atoms with Crippen molar-refractivity contribution in [3.05, 3.63) is 99.5 Å². The second-order valence-corrected chi connectivity index (χ2v) is 7.56. The van der Waals surface area contributed by atoms with Gasteiger partial charge in [0.25, 0.3) is 5.91 Å². The number of esters is 1. The van der Waals surface area contributed by atoms with Crippen LogP contribution in [0.5, 0.6) is 0 Å². The molecule has 3 aromatic carbocycles. The Bertz CT molecular complexity index is 1340. The van der Waals surface area contributed by atoms with Crippen LogP contribution in [-0.2, 0) is 20.9 Å². The Labute approximate surface area is 188 Å². The second-order valence-electron chi connectivity index (χ2n) is 7.16. The highest BCUT2D eigenvalue weighted by Gasteiger charge is 2.26. The van der Waals surface area contributed by atoms with Crippen LogP contribution in [0.25, 0.3) is 11.1 Å². The highest BCUT2D eigenvalue weighted by atomic mass is 35.5. The number of carbonyl (C=O) groups is 2. The van der Waals surface area contributed by atoms with E-state index in [-0.39, 0.29) is 0 Å². The summed E-state index contributed by atoms with van der Waals surface area (Å²) in [5, 5.41) is 3.23. The van der Waals surface area contributed by atoms with Crippen LogP contribution in [0.3, 0.4) is 0 Å². The molecule has 0 aliphatic rings. The van der Waals surface area contributed by atoms with Crippen LogP contribution in [0.15, 0.2) is 82.0 Å². The molecule has 1 N–H and O–H groups in total. The molecule has 1 unspecified atom stereocenters. The first kappa shape index (κ1) is 21.4. The Morgan fingerprint density at radius 2 is 1.78 bits per heavy atom. The minimum Gasteiger partial charge on any atom is -0.446 e. The first-order valence-corrected chi connectivity index (χ1v) is 10.2. The summed E-state index contributed by atoms with van der Waals surface area (Å²) in [6, 6.07) is 20.5. The van der Waals surface area contributed by atoms with Crippen LogP contribution in [-0.4, -0.2) is 16.4 Å². The molecular formula is C24H19ClN2O5. The van der Waals surface area contributed by atoms with Crippen LogP contribution < -0.4 is 11.1 Å². The maximum absolute atomic E-state index is 13.0. The Hall–Kier alpha value is -3.84. The summed E-state index contributed by atoms with van der Waals surface area (Å²) in [5.41, 5.74) is 2.65. The van der Waals surface area contributed by atoms with Crippen molar-refractivity contribution in [1.29, 1.82) is 0 Å². The zero-order chi connectivity index (χ0) is 22.7. The Kier molecular flexibility index (Phi) is 6.09. The molecule has 0 saturated carbocycles. The molecular weight excluding hydrogens is 432 g/mol. The smallest absolute Gasteiger partial charge is 0.420 e. The number of anilines is 1. The average Bonchev–Trinajstić information content (AvgIpc) is 3.10.